The molecule has 1 aromatic rings. The van der Waals surface area contributed by atoms with Crippen molar-refractivity contribution >= 4 is 0 Å². The summed E-state index contributed by atoms with van der Waals surface area (Å²) in [5.74, 6) is 0.754. The van der Waals surface area contributed by atoms with Crippen molar-refractivity contribution in [2.45, 2.75) is 32.4 Å². The Hall–Kier alpha value is -0.970. The molecule has 18 heavy (non-hydrogen) atoms. The summed E-state index contributed by atoms with van der Waals surface area (Å²) in [6.07, 6.45) is 5.79. The first-order chi connectivity index (χ1) is 8.75. The van der Waals surface area contributed by atoms with Gasteiger partial charge in [0.15, 0.2) is 0 Å². The Kier molecular flexibility index (Phi) is 5.11. The summed E-state index contributed by atoms with van der Waals surface area (Å²) < 4.78 is 5.45. The van der Waals surface area contributed by atoms with Crippen molar-refractivity contribution in [1.82, 2.24) is 10.3 Å². The lowest BCUT2D eigenvalue weighted by atomic mass is 10.1. The molecule has 0 radical (unpaired) electrons. The Morgan fingerprint density at radius 3 is 3.11 bits per heavy atom. The van der Waals surface area contributed by atoms with Crippen LogP contribution >= 0.6 is 0 Å². The maximum absolute atomic E-state index is 9.73. The molecule has 1 aliphatic rings. The molecule has 1 aliphatic carbocycles. The lowest BCUT2D eigenvalue weighted by Crippen LogP contribution is -2.30. The summed E-state index contributed by atoms with van der Waals surface area (Å²) in [5.41, 5.74) is 2.39. The third-order valence-electron chi connectivity index (χ3n) is 3.19. The van der Waals surface area contributed by atoms with Crippen LogP contribution in [0, 0.1) is 12.8 Å². The van der Waals surface area contributed by atoms with Crippen molar-refractivity contribution in [3.63, 3.8) is 0 Å². The molecule has 4 nitrogen and oxygen atoms in total. The monoisotopic (exact) mass is 250 g/mol. The number of hydrogen-bond acceptors (Lipinski definition) is 4. The summed E-state index contributed by atoms with van der Waals surface area (Å²) in [6.45, 7) is 4.60. The van der Waals surface area contributed by atoms with Crippen LogP contribution in [0.4, 0.5) is 0 Å². The number of aliphatic hydroxyl groups is 1. The molecule has 0 aromatic carbocycles. The second kappa shape index (κ2) is 6.83. The minimum atomic E-state index is -0.425. The summed E-state index contributed by atoms with van der Waals surface area (Å²) in [5, 5.41) is 13.0. The molecule has 2 N–H and O–H groups in total. The molecular formula is C14H22N2O2. The van der Waals surface area contributed by atoms with Gasteiger partial charge in [-0.25, -0.2) is 0 Å². The van der Waals surface area contributed by atoms with Gasteiger partial charge >= 0.3 is 0 Å². The highest BCUT2D eigenvalue weighted by atomic mass is 16.5. The van der Waals surface area contributed by atoms with E-state index in [1.54, 1.807) is 6.20 Å². The quantitative estimate of drug-likeness (QED) is 0.729. The van der Waals surface area contributed by atoms with Crippen LogP contribution in [0.25, 0.3) is 0 Å². The average Bonchev–Trinajstić information content (AvgIpc) is 3.16. The van der Waals surface area contributed by atoms with E-state index in [0.717, 1.165) is 19.1 Å². The molecule has 1 fully saturated rings. The molecule has 0 amide bonds. The molecule has 0 bridgehead atoms. The van der Waals surface area contributed by atoms with Crippen LogP contribution < -0.4 is 5.32 Å². The van der Waals surface area contributed by atoms with Crippen LogP contribution in [0.15, 0.2) is 18.5 Å². The van der Waals surface area contributed by atoms with Crippen LogP contribution in [-0.2, 0) is 11.3 Å². The van der Waals surface area contributed by atoms with Crippen molar-refractivity contribution in [3.8, 4) is 0 Å². The van der Waals surface area contributed by atoms with Crippen molar-refractivity contribution < 1.29 is 9.84 Å². The predicted molar refractivity (Wildman–Crippen MR) is 70.2 cm³/mol. The molecule has 1 saturated carbocycles. The van der Waals surface area contributed by atoms with Crippen molar-refractivity contribution in [1.29, 1.82) is 0 Å². The number of hydrogen-bond donors (Lipinski definition) is 2. The second-order valence-electron chi connectivity index (χ2n) is 5.07. The third kappa shape index (κ3) is 4.72. The fourth-order valence-corrected chi connectivity index (χ4v) is 1.79. The van der Waals surface area contributed by atoms with Crippen LogP contribution in [-0.4, -0.2) is 36.0 Å². The normalized spacial score (nSPS) is 16.8. The highest BCUT2D eigenvalue weighted by Gasteiger charge is 2.21. The molecule has 1 atom stereocenters. The first-order valence-corrected chi connectivity index (χ1v) is 6.61. The molecule has 4 heteroatoms. The molecule has 1 aromatic heterocycles. The van der Waals surface area contributed by atoms with Gasteiger partial charge in [-0.05, 0) is 42.9 Å². The highest BCUT2D eigenvalue weighted by molar-refractivity contribution is 5.21. The minimum Gasteiger partial charge on any atom is -0.389 e. The predicted octanol–water partition coefficient (Wildman–Crippen LogP) is 1.27. The Morgan fingerprint density at radius 2 is 2.39 bits per heavy atom. The number of aryl methyl sites for hydroxylation is 1. The number of aromatic nitrogens is 1. The van der Waals surface area contributed by atoms with Gasteiger partial charge in [-0.3, -0.25) is 4.98 Å². The zero-order chi connectivity index (χ0) is 12.8. The SMILES string of the molecule is Cc1cnccc1CNCC(O)COCC1CC1. The summed E-state index contributed by atoms with van der Waals surface area (Å²) in [6, 6.07) is 2.00. The first kappa shape index (κ1) is 13.5. The topological polar surface area (TPSA) is 54.4 Å². The molecule has 1 unspecified atom stereocenters. The molecule has 0 spiro atoms. The maximum atomic E-state index is 9.73. The number of ether oxygens (including phenoxy) is 1. The average molecular weight is 250 g/mol. The van der Waals surface area contributed by atoms with Gasteiger partial charge < -0.3 is 15.2 Å². The Balaban J connectivity index is 1.57. The Bertz CT molecular complexity index is 367. The van der Waals surface area contributed by atoms with Crippen molar-refractivity contribution in [2.24, 2.45) is 5.92 Å². The van der Waals surface area contributed by atoms with E-state index < -0.39 is 6.10 Å². The molecule has 1 heterocycles. The van der Waals surface area contributed by atoms with E-state index in [4.69, 9.17) is 4.74 Å². The van der Waals surface area contributed by atoms with E-state index in [9.17, 15) is 5.11 Å². The van der Waals surface area contributed by atoms with E-state index in [1.165, 1.54) is 24.0 Å². The van der Waals surface area contributed by atoms with Gasteiger partial charge in [0, 0.05) is 32.1 Å². The van der Waals surface area contributed by atoms with Gasteiger partial charge in [-0.1, -0.05) is 0 Å². The fourth-order valence-electron chi connectivity index (χ4n) is 1.79. The zero-order valence-electron chi connectivity index (χ0n) is 10.9. The van der Waals surface area contributed by atoms with Crippen LogP contribution in [0.2, 0.25) is 0 Å². The van der Waals surface area contributed by atoms with E-state index in [1.807, 2.05) is 19.2 Å². The van der Waals surface area contributed by atoms with E-state index in [0.29, 0.717) is 13.2 Å². The smallest absolute Gasteiger partial charge is 0.0897 e. The molecule has 100 valence electrons. The lowest BCUT2D eigenvalue weighted by molar-refractivity contribution is 0.0324. The van der Waals surface area contributed by atoms with Gasteiger partial charge in [0.1, 0.15) is 0 Å². The molecular weight excluding hydrogens is 228 g/mol. The maximum Gasteiger partial charge on any atom is 0.0897 e. The Labute approximate surface area is 108 Å². The number of nitrogens with zero attached hydrogens (tertiary/aromatic N) is 1. The second-order valence-corrected chi connectivity index (χ2v) is 5.07. The largest absolute Gasteiger partial charge is 0.389 e. The van der Waals surface area contributed by atoms with Crippen LogP contribution in [0.1, 0.15) is 24.0 Å². The summed E-state index contributed by atoms with van der Waals surface area (Å²) in [4.78, 5) is 4.05. The van der Waals surface area contributed by atoms with E-state index in [2.05, 4.69) is 10.3 Å². The third-order valence-corrected chi connectivity index (χ3v) is 3.19. The number of aliphatic hydroxyl groups excluding tert-OH is 1. The van der Waals surface area contributed by atoms with Gasteiger partial charge in [0.05, 0.1) is 12.7 Å². The Morgan fingerprint density at radius 1 is 1.56 bits per heavy atom. The highest BCUT2D eigenvalue weighted by Crippen LogP contribution is 2.28. The van der Waals surface area contributed by atoms with Crippen molar-refractivity contribution in [3.05, 3.63) is 29.6 Å². The standard InChI is InChI=1S/C14H22N2O2/c1-11-6-15-5-4-13(11)7-16-8-14(17)10-18-9-12-2-3-12/h4-6,12,14,16-17H,2-3,7-10H2,1H3. The van der Waals surface area contributed by atoms with E-state index in [-0.39, 0.29) is 0 Å². The summed E-state index contributed by atoms with van der Waals surface area (Å²) >= 11 is 0. The number of rotatable bonds is 8. The van der Waals surface area contributed by atoms with Crippen molar-refractivity contribution in [2.75, 3.05) is 19.8 Å². The van der Waals surface area contributed by atoms with Gasteiger partial charge in [-0.2, -0.15) is 0 Å². The van der Waals surface area contributed by atoms with Gasteiger partial charge in [0.2, 0.25) is 0 Å². The molecule has 0 saturated heterocycles. The molecule has 0 aliphatic heterocycles. The zero-order valence-corrected chi connectivity index (χ0v) is 10.9. The van der Waals surface area contributed by atoms with Crippen LogP contribution in [0.5, 0.6) is 0 Å². The van der Waals surface area contributed by atoms with Gasteiger partial charge in [0.25, 0.3) is 0 Å². The van der Waals surface area contributed by atoms with Gasteiger partial charge in [-0.15, -0.1) is 0 Å². The lowest BCUT2D eigenvalue weighted by Gasteiger charge is -2.13. The van der Waals surface area contributed by atoms with E-state index >= 15 is 0 Å². The first-order valence-electron chi connectivity index (χ1n) is 6.61. The molecule has 2 rings (SSSR count). The number of pyridine rings is 1. The minimum absolute atomic E-state index is 0.425. The fraction of sp³-hybridized carbons (Fsp3) is 0.643. The number of nitrogens with one attached hydrogen (secondary N) is 1. The summed E-state index contributed by atoms with van der Waals surface area (Å²) in [7, 11) is 0. The van der Waals surface area contributed by atoms with Crippen LogP contribution in [0.3, 0.4) is 0 Å².